The molecule has 2 aliphatic rings. The van der Waals surface area contributed by atoms with Crippen molar-refractivity contribution in [3.05, 3.63) is 16.0 Å². The SMILES string of the molecule is CCOC(=O)c1c(NC(=O)C[NH2+]CCC[NH+]2CCOCC2)sc2c1CC[C@@H](C)C2. The highest BCUT2D eigenvalue weighted by atomic mass is 32.1. The molecule has 0 saturated carbocycles. The van der Waals surface area contributed by atoms with Crippen LogP contribution in [-0.4, -0.2) is 64.4 Å². The number of nitrogens with one attached hydrogen (secondary N) is 2. The predicted molar refractivity (Wildman–Crippen MR) is 113 cm³/mol. The summed E-state index contributed by atoms with van der Waals surface area (Å²) in [6.45, 7) is 10.7. The number of fused-ring (bicyclic) bond motifs is 1. The molecule has 0 aromatic carbocycles. The van der Waals surface area contributed by atoms with Crippen molar-refractivity contribution in [2.75, 3.05) is 57.9 Å². The molecule has 1 aliphatic heterocycles. The fraction of sp³-hybridized carbons (Fsp3) is 0.714. The summed E-state index contributed by atoms with van der Waals surface area (Å²) in [5.74, 6) is 0.245. The molecule has 1 aromatic rings. The highest BCUT2D eigenvalue weighted by molar-refractivity contribution is 7.17. The number of thiophene rings is 1. The zero-order valence-corrected chi connectivity index (χ0v) is 18.5. The van der Waals surface area contributed by atoms with Crippen molar-refractivity contribution in [3.8, 4) is 0 Å². The number of amides is 1. The number of hydrogen-bond donors (Lipinski definition) is 3. The van der Waals surface area contributed by atoms with Crippen molar-refractivity contribution in [1.82, 2.24) is 0 Å². The van der Waals surface area contributed by atoms with Crippen molar-refractivity contribution >= 4 is 28.2 Å². The van der Waals surface area contributed by atoms with E-state index in [1.807, 2.05) is 6.92 Å². The Kier molecular flexibility index (Phi) is 8.47. The van der Waals surface area contributed by atoms with Gasteiger partial charge in [0.2, 0.25) is 0 Å². The van der Waals surface area contributed by atoms with Crippen LogP contribution in [0.4, 0.5) is 5.00 Å². The van der Waals surface area contributed by atoms with Crippen LogP contribution in [0.15, 0.2) is 0 Å². The molecule has 1 atom stereocenters. The molecule has 1 aromatic heterocycles. The van der Waals surface area contributed by atoms with E-state index in [1.54, 1.807) is 16.2 Å². The van der Waals surface area contributed by atoms with Gasteiger partial charge in [-0.05, 0) is 37.7 Å². The Morgan fingerprint density at radius 1 is 1.34 bits per heavy atom. The van der Waals surface area contributed by atoms with Gasteiger partial charge in [0.15, 0.2) is 6.54 Å². The van der Waals surface area contributed by atoms with Gasteiger partial charge in [0.05, 0.1) is 38.5 Å². The standard InChI is InChI=1S/C21H33N3O4S/c1-3-28-21(26)19-16-6-5-15(2)13-17(16)29-20(19)23-18(25)14-22-7-4-8-24-9-11-27-12-10-24/h15,22H,3-14H2,1-2H3,(H,23,25)/p+2/t15-/m1/s1. The lowest BCUT2D eigenvalue weighted by molar-refractivity contribution is -0.909. The van der Waals surface area contributed by atoms with Crippen molar-refractivity contribution in [2.24, 2.45) is 5.92 Å². The zero-order chi connectivity index (χ0) is 20.6. The number of carbonyl (C=O) groups is 2. The van der Waals surface area contributed by atoms with Crippen molar-refractivity contribution < 1.29 is 29.3 Å². The quantitative estimate of drug-likeness (QED) is 0.380. The van der Waals surface area contributed by atoms with Crippen LogP contribution in [0.3, 0.4) is 0 Å². The third-order valence-electron chi connectivity index (χ3n) is 5.71. The first kappa shape index (κ1) is 22.2. The number of rotatable bonds is 9. The molecule has 0 spiro atoms. The molecule has 29 heavy (non-hydrogen) atoms. The van der Waals surface area contributed by atoms with Crippen molar-refractivity contribution in [1.29, 1.82) is 0 Å². The van der Waals surface area contributed by atoms with E-state index in [9.17, 15) is 9.59 Å². The van der Waals surface area contributed by atoms with Gasteiger partial charge in [0, 0.05) is 11.3 Å². The van der Waals surface area contributed by atoms with Crippen molar-refractivity contribution in [2.45, 2.75) is 39.5 Å². The molecule has 0 unspecified atom stereocenters. The summed E-state index contributed by atoms with van der Waals surface area (Å²) >= 11 is 1.55. The van der Waals surface area contributed by atoms with Gasteiger partial charge in [-0.2, -0.15) is 0 Å². The Hall–Kier alpha value is -1.48. The van der Waals surface area contributed by atoms with Gasteiger partial charge < -0.3 is 25.0 Å². The fourth-order valence-electron chi connectivity index (χ4n) is 4.08. The Morgan fingerprint density at radius 3 is 2.90 bits per heavy atom. The number of ether oxygens (including phenoxy) is 2. The first-order valence-electron chi connectivity index (χ1n) is 10.9. The minimum absolute atomic E-state index is 0.0547. The van der Waals surface area contributed by atoms with E-state index in [4.69, 9.17) is 9.47 Å². The van der Waals surface area contributed by atoms with Crippen LogP contribution >= 0.6 is 11.3 Å². The molecule has 7 nitrogen and oxygen atoms in total. The average Bonchev–Trinajstić information content (AvgIpc) is 3.05. The molecule has 1 fully saturated rings. The molecule has 0 radical (unpaired) electrons. The molecule has 1 saturated heterocycles. The number of nitrogens with two attached hydrogens (primary N) is 1. The van der Waals surface area contributed by atoms with Crippen LogP contribution in [0, 0.1) is 5.92 Å². The first-order chi connectivity index (χ1) is 14.1. The lowest BCUT2D eigenvalue weighted by Gasteiger charge is -2.23. The molecule has 3 rings (SSSR count). The van der Waals surface area contributed by atoms with Gasteiger partial charge in [0.25, 0.3) is 5.91 Å². The Bertz CT molecular complexity index is 700. The number of quaternary nitrogens is 2. The summed E-state index contributed by atoms with van der Waals surface area (Å²) in [4.78, 5) is 27.8. The largest absolute Gasteiger partial charge is 0.462 e. The molecule has 2 heterocycles. The number of anilines is 1. The Morgan fingerprint density at radius 2 is 2.14 bits per heavy atom. The molecule has 4 N–H and O–H groups in total. The van der Waals surface area contributed by atoms with Crippen LogP contribution in [0.1, 0.15) is 47.5 Å². The minimum atomic E-state index is -0.313. The van der Waals surface area contributed by atoms with Gasteiger partial charge in [-0.1, -0.05) is 6.92 Å². The maximum Gasteiger partial charge on any atom is 0.341 e. The second-order valence-electron chi connectivity index (χ2n) is 8.07. The van der Waals surface area contributed by atoms with Gasteiger partial charge in [-0.25, -0.2) is 4.79 Å². The first-order valence-corrected chi connectivity index (χ1v) is 11.7. The van der Waals surface area contributed by atoms with Gasteiger partial charge in [-0.3, -0.25) is 4.79 Å². The van der Waals surface area contributed by atoms with Crippen LogP contribution in [0.25, 0.3) is 0 Å². The normalized spacial score (nSPS) is 19.6. The molecular weight excluding hydrogens is 390 g/mol. The van der Waals surface area contributed by atoms with Crippen LogP contribution in [0.5, 0.6) is 0 Å². The van der Waals surface area contributed by atoms with E-state index >= 15 is 0 Å². The number of carbonyl (C=O) groups excluding carboxylic acids is 2. The van der Waals surface area contributed by atoms with E-state index in [0.29, 0.717) is 29.6 Å². The van der Waals surface area contributed by atoms with Crippen LogP contribution in [-0.2, 0) is 27.1 Å². The highest BCUT2D eigenvalue weighted by Gasteiger charge is 2.29. The van der Waals surface area contributed by atoms with Crippen molar-refractivity contribution in [3.63, 3.8) is 0 Å². The Balaban J connectivity index is 1.50. The second-order valence-corrected chi connectivity index (χ2v) is 9.18. The zero-order valence-electron chi connectivity index (χ0n) is 17.7. The van der Waals surface area contributed by atoms with Crippen LogP contribution < -0.4 is 15.5 Å². The van der Waals surface area contributed by atoms with E-state index in [2.05, 4.69) is 17.6 Å². The molecule has 8 heteroatoms. The van der Waals surface area contributed by atoms with E-state index < -0.39 is 0 Å². The molecule has 0 bridgehead atoms. The minimum Gasteiger partial charge on any atom is -0.462 e. The monoisotopic (exact) mass is 425 g/mol. The summed E-state index contributed by atoms with van der Waals surface area (Å²) in [5, 5.41) is 5.70. The Labute approximate surface area is 177 Å². The maximum absolute atomic E-state index is 12.5. The third kappa shape index (κ3) is 6.25. The molecule has 162 valence electrons. The summed E-state index contributed by atoms with van der Waals surface area (Å²) in [7, 11) is 0. The topological polar surface area (TPSA) is 85.7 Å². The van der Waals surface area contributed by atoms with Gasteiger partial charge in [0.1, 0.15) is 18.1 Å². The number of hydrogen-bond acceptors (Lipinski definition) is 5. The summed E-state index contributed by atoms with van der Waals surface area (Å²) in [5.41, 5.74) is 1.67. The lowest BCUT2D eigenvalue weighted by atomic mass is 9.88. The van der Waals surface area contributed by atoms with E-state index in [0.717, 1.165) is 70.6 Å². The summed E-state index contributed by atoms with van der Waals surface area (Å²) in [6.07, 6.45) is 4.01. The van der Waals surface area contributed by atoms with Gasteiger partial charge >= 0.3 is 5.97 Å². The van der Waals surface area contributed by atoms with Crippen LogP contribution in [0.2, 0.25) is 0 Å². The number of esters is 1. The van der Waals surface area contributed by atoms with E-state index in [1.165, 1.54) is 4.88 Å². The van der Waals surface area contributed by atoms with Gasteiger partial charge in [-0.15, -0.1) is 11.3 Å². The molecular formula is C21H35N3O4S+2. The summed E-state index contributed by atoms with van der Waals surface area (Å²) in [6, 6.07) is 0. The number of morpholine rings is 1. The second kappa shape index (κ2) is 11.1. The maximum atomic E-state index is 12.5. The predicted octanol–water partition coefficient (Wildman–Crippen LogP) is -0.143. The molecule has 1 amide bonds. The molecule has 1 aliphatic carbocycles. The fourth-order valence-corrected chi connectivity index (χ4v) is 5.49. The lowest BCUT2D eigenvalue weighted by Crippen LogP contribution is -3.14. The van der Waals surface area contributed by atoms with E-state index in [-0.39, 0.29) is 11.9 Å². The third-order valence-corrected chi connectivity index (χ3v) is 6.88. The smallest absolute Gasteiger partial charge is 0.341 e. The highest BCUT2D eigenvalue weighted by Crippen LogP contribution is 2.40. The summed E-state index contributed by atoms with van der Waals surface area (Å²) < 4.78 is 10.6. The average molecular weight is 426 g/mol.